The van der Waals surface area contributed by atoms with Gasteiger partial charge in [-0.3, -0.25) is 33.8 Å². The zero-order chi connectivity index (χ0) is 35.1. The predicted octanol–water partition coefficient (Wildman–Crippen LogP) is -8.22. The molecule has 262 valence electrons. The SMILES string of the molecule is NCCC[C@H](N)CC(=O)NC[C@@H]1NC(=O)[C@H](CO)NC(=O)[C@@H](N)CNC(=O)[C@H]([C@H]2CCN=C(N)N2)NC(=O)C(CNC(N)=O)=NC1=O. The predicted molar refractivity (Wildman–Crippen MR) is 166 cm³/mol. The Bertz CT molecular complexity index is 1240. The van der Waals surface area contributed by atoms with Gasteiger partial charge in [-0.25, -0.2) is 9.79 Å². The minimum Gasteiger partial charge on any atom is -0.394 e. The number of guanidine groups is 1. The third kappa shape index (κ3) is 12.8. The molecule has 0 aliphatic carbocycles. The van der Waals surface area contributed by atoms with Gasteiger partial charge in [-0.05, 0) is 25.8 Å². The number of hydrogen-bond acceptors (Lipinski definition) is 14. The van der Waals surface area contributed by atoms with Crippen LogP contribution in [0.4, 0.5) is 4.79 Å². The summed E-state index contributed by atoms with van der Waals surface area (Å²) in [6, 6.07) is -8.55. The first-order valence-electron chi connectivity index (χ1n) is 14.7. The van der Waals surface area contributed by atoms with Crippen LogP contribution in [0, 0.1) is 0 Å². The van der Waals surface area contributed by atoms with E-state index in [4.69, 9.17) is 28.7 Å². The Labute approximate surface area is 269 Å². The van der Waals surface area contributed by atoms with E-state index < -0.39 is 110 Å². The Hall–Kier alpha value is -4.93. The Morgan fingerprint density at radius 2 is 1.70 bits per heavy atom. The van der Waals surface area contributed by atoms with Crippen LogP contribution >= 0.6 is 0 Å². The van der Waals surface area contributed by atoms with Crippen molar-refractivity contribution in [2.75, 3.05) is 39.3 Å². The number of nitrogens with zero attached hydrogens (tertiary/aromatic N) is 2. The summed E-state index contributed by atoms with van der Waals surface area (Å²) in [5.41, 5.74) is 27.6. The highest BCUT2D eigenvalue weighted by molar-refractivity contribution is 6.42. The van der Waals surface area contributed by atoms with Gasteiger partial charge in [-0.1, -0.05) is 0 Å². The minimum atomic E-state index is -1.66. The van der Waals surface area contributed by atoms with Gasteiger partial charge in [0.1, 0.15) is 29.9 Å². The molecule has 22 heteroatoms. The van der Waals surface area contributed by atoms with Gasteiger partial charge in [-0.2, -0.15) is 0 Å². The molecule has 0 bridgehead atoms. The van der Waals surface area contributed by atoms with Gasteiger partial charge in [0, 0.05) is 32.1 Å². The number of rotatable bonds is 11. The van der Waals surface area contributed by atoms with Gasteiger partial charge in [0.2, 0.25) is 23.6 Å². The minimum absolute atomic E-state index is 0.0120. The molecule has 0 spiro atoms. The van der Waals surface area contributed by atoms with Gasteiger partial charge in [-0.15, -0.1) is 0 Å². The largest absolute Gasteiger partial charge is 0.394 e. The van der Waals surface area contributed by atoms with Crippen molar-refractivity contribution in [2.24, 2.45) is 38.7 Å². The van der Waals surface area contributed by atoms with Crippen molar-refractivity contribution in [1.82, 2.24) is 37.2 Å². The zero-order valence-electron chi connectivity index (χ0n) is 25.6. The number of carbonyl (C=O) groups excluding carboxylic acids is 7. The number of nitrogens with one attached hydrogen (secondary N) is 7. The number of aliphatic hydroxyl groups excluding tert-OH is 1. The molecule has 0 saturated heterocycles. The normalized spacial score (nSPS) is 25.4. The van der Waals surface area contributed by atoms with Crippen LogP contribution in [0.15, 0.2) is 9.98 Å². The topological polar surface area (TPSA) is 379 Å². The molecule has 6 atom stereocenters. The number of amides is 8. The van der Waals surface area contributed by atoms with E-state index in [-0.39, 0.29) is 25.3 Å². The molecule has 8 amide bonds. The molecule has 0 fully saturated rings. The molecule has 0 aromatic carbocycles. The van der Waals surface area contributed by atoms with Gasteiger partial charge >= 0.3 is 6.03 Å². The zero-order valence-corrected chi connectivity index (χ0v) is 25.6. The Kier molecular flexibility index (Phi) is 15.4. The summed E-state index contributed by atoms with van der Waals surface area (Å²) in [6.07, 6.45) is 1.10. The van der Waals surface area contributed by atoms with Crippen LogP contribution in [-0.2, 0) is 28.8 Å². The van der Waals surface area contributed by atoms with Gasteiger partial charge < -0.3 is 71.0 Å². The van der Waals surface area contributed by atoms with Crippen LogP contribution in [0.1, 0.15) is 25.7 Å². The van der Waals surface area contributed by atoms with Crippen LogP contribution < -0.4 is 65.9 Å². The molecule has 2 aliphatic rings. The summed E-state index contributed by atoms with van der Waals surface area (Å²) in [4.78, 5) is 97.6. The van der Waals surface area contributed by atoms with Crippen molar-refractivity contribution in [3.8, 4) is 0 Å². The van der Waals surface area contributed by atoms with Gasteiger partial charge in [0.15, 0.2) is 5.96 Å². The number of aliphatic hydroxyl groups is 1. The van der Waals surface area contributed by atoms with Crippen LogP contribution in [0.5, 0.6) is 0 Å². The molecule has 0 unspecified atom stereocenters. The lowest BCUT2D eigenvalue weighted by atomic mass is 10.0. The molecule has 0 aromatic rings. The maximum atomic E-state index is 13.4. The standard InChI is InChI=1S/C25H44N14O8/c26-4-1-2-11(27)6-17(41)32-8-14-20(43)35-15(9-34-25(30)47)21(44)39-18(13-3-5-31-24(29)38-13)23(46)33-7-12(28)19(42)37-16(10-40)22(45)36-14/h11-14,16,18,40H,1-10,26-28H2,(H,32,41)(H,33,46)(H,36,45)(H,37,42)(H,39,44)(H3,29,31,38)(H3,30,34,47)/t11-,12-,13+,14-,16-,18-/m0/s1. The highest BCUT2D eigenvalue weighted by atomic mass is 16.3. The highest BCUT2D eigenvalue weighted by Gasteiger charge is 2.35. The first-order chi connectivity index (χ1) is 22.2. The molecule has 47 heavy (non-hydrogen) atoms. The molecule has 0 saturated carbocycles. The monoisotopic (exact) mass is 668 g/mol. The van der Waals surface area contributed by atoms with E-state index in [0.717, 1.165) is 0 Å². The second-order valence-corrected chi connectivity index (χ2v) is 10.7. The maximum absolute atomic E-state index is 13.4. The van der Waals surface area contributed by atoms with Crippen LogP contribution in [0.25, 0.3) is 0 Å². The van der Waals surface area contributed by atoms with Crippen molar-refractivity contribution in [3.05, 3.63) is 0 Å². The van der Waals surface area contributed by atoms with Crippen molar-refractivity contribution < 1.29 is 38.7 Å². The highest BCUT2D eigenvalue weighted by Crippen LogP contribution is 2.06. The van der Waals surface area contributed by atoms with Crippen LogP contribution in [0.2, 0.25) is 0 Å². The fraction of sp³-hybridized carbons (Fsp3) is 0.640. The summed E-state index contributed by atoms with van der Waals surface area (Å²) in [7, 11) is 0. The average molecular weight is 669 g/mol. The van der Waals surface area contributed by atoms with Crippen molar-refractivity contribution >= 4 is 53.1 Å². The van der Waals surface area contributed by atoms with E-state index >= 15 is 0 Å². The van der Waals surface area contributed by atoms with Gasteiger partial charge in [0.25, 0.3) is 11.8 Å². The molecular weight excluding hydrogens is 624 g/mol. The Morgan fingerprint density at radius 1 is 1.00 bits per heavy atom. The Morgan fingerprint density at radius 3 is 2.34 bits per heavy atom. The number of hydrogen-bond donors (Lipinski definition) is 13. The van der Waals surface area contributed by atoms with E-state index in [1.807, 2.05) is 0 Å². The van der Waals surface area contributed by atoms with Crippen molar-refractivity contribution in [3.63, 3.8) is 0 Å². The van der Waals surface area contributed by atoms with E-state index in [1.165, 1.54) is 0 Å². The lowest BCUT2D eigenvalue weighted by Gasteiger charge is -2.31. The quantitative estimate of drug-likeness (QED) is 0.0974. The Balaban J connectivity index is 2.49. The second kappa shape index (κ2) is 18.9. The maximum Gasteiger partial charge on any atom is 0.312 e. The summed E-state index contributed by atoms with van der Waals surface area (Å²) < 4.78 is 0. The first kappa shape index (κ1) is 38.3. The van der Waals surface area contributed by atoms with Crippen LogP contribution in [0.3, 0.4) is 0 Å². The fourth-order valence-electron chi connectivity index (χ4n) is 4.37. The fourth-order valence-corrected chi connectivity index (χ4v) is 4.37. The summed E-state index contributed by atoms with van der Waals surface area (Å²) in [5.74, 6) is -5.73. The van der Waals surface area contributed by atoms with E-state index in [0.29, 0.717) is 19.4 Å². The molecule has 2 aliphatic heterocycles. The van der Waals surface area contributed by atoms with E-state index in [1.54, 1.807) is 0 Å². The smallest absolute Gasteiger partial charge is 0.312 e. The van der Waals surface area contributed by atoms with Crippen LogP contribution in [-0.4, -0.2) is 134 Å². The second-order valence-electron chi connectivity index (χ2n) is 10.7. The first-order valence-corrected chi connectivity index (χ1v) is 14.7. The molecule has 2 heterocycles. The molecule has 0 radical (unpaired) electrons. The molecule has 22 nitrogen and oxygen atoms in total. The average Bonchev–Trinajstić information content (AvgIpc) is 3.02. The van der Waals surface area contributed by atoms with E-state index in [2.05, 4.69) is 47.2 Å². The summed E-state index contributed by atoms with van der Waals surface area (Å²) in [6.45, 7) is -2.08. The molecule has 18 N–H and O–H groups in total. The summed E-state index contributed by atoms with van der Waals surface area (Å²) in [5, 5.41) is 26.5. The lowest BCUT2D eigenvalue weighted by molar-refractivity contribution is -0.133. The molecular formula is C25H44N14O8. The van der Waals surface area contributed by atoms with Gasteiger partial charge in [0.05, 0.1) is 19.2 Å². The number of nitrogens with two attached hydrogens (primary N) is 5. The lowest BCUT2D eigenvalue weighted by Crippen LogP contribution is -2.63. The summed E-state index contributed by atoms with van der Waals surface area (Å²) >= 11 is 0. The third-order valence-corrected chi connectivity index (χ3v) is 6.96. The number of carbonyl (C=O) groups is 7. The van der Waals surface area contributed by atoms with Crippen molar-refractivity contribution in [1.29, 1.82) is 0 Å². The molecule has 0 aromatic heterocycles. The number of aliphatic imine (C=N–C) groups is 2. The number of urea groups is 1. The van der Waals surface area contributed by atoms with Crippen molar-refractivity contribution in [2.45, 2.75) is 61.9 Å². The van der Waals surface area contributed by atoms with E-state index in [9.17, 15) is 38.7 Å². The number of primary amides is 1. The molecule has 2 rings (SSSR count). The third-order valence-electron chi connectivity index (χ3n) is 6.96.